The van der Waals surface area contributed by atoms with E-state index in [1.165, 1.54) is 0 Å². The Labute approximate surface area is 80.1 Å². The van der Waals surface area contributed by atoms with Crippen LogP contribution in [-0.4, -0.2) is 4.98 Å². The first kappa shape index (κ1) is 11.6. The van der Waals surface area contributed by atoms with Crippen molar-refractivity contribution in [1.29, 1.82) is 0 Å². The Morgan fingerprint density at radius 2 is 2.08 bits per heavy atom. The summed E-state index contributed by atoms with van der Waals surface area (Å²) in [5.41, 5.74) is 1.14. The van der Waals surface area contributed by atoms with E-state index in [0.29, 0.717) is 0 Å². The lowest BCUT2D eigenvalue weighted by Gasteiger charge is -1.90. The Kier molecular flexibility index (Phi) is 5.53. The maximum Gasteiger partial charge on any atom is 0.0340 e. The van der Waals surface area contributed by atoms with Gasteiger partial charge >= 0.3 is 0 Å². The lowest BCUT2D eigenvalue weighted by Crippen LogP contribution is -2.24. The van der Waals surface area contributed by atoms with Crippen molar-refractivity contribution < 1.29 is 0 Å². The molecule has 0 aliphatic rings. The van der Waals surface area contributed by atoms with E-state index in [2.05, 4.69) is 18.1 Å². The maximum atomic E-state index is 3.95. The van der Waals surface area contributed by atoms with Gasteiger partial charge in [-0.05, 0) is 29.0 Å². The largest absolute Gasteiger partial charge is 0.264 e. The lowest BCUT2D eigenvalue weighted by molar-refractivity contribution is 1.27. The van der Waals surface area contributed by atoms with E-state index >= 15 is 0 Å². The fourth-order valence-electron chi connectivity index (χ4n) is 0.922. The Morgan fingerprint density at radius 3 is 2.54 bits per heavy atom. The highest BCUT2D eigenvalue weighted by molar-refractivity contribution is 5.52. The SMILES string of the molecule is C=C/C(C)=c1/ccncc1=C.CC. The van der Waals surface area contributed by atoms with E-state index < -0.39 is 0 Å². The zero-order valence-electron chi connectivity index (χ0n) is 8.67. The Morgan fingerprint density at radius 1 is 1.46 bits per heavy atom. The molecule has 0 amide bonds. The number of rotatable bonds is 1. The highest BCUT2D eigenvalue weighted by atomic mass is 14.6. The van der Waals surface area contributed by atoms with Crippen LogP contribution in [0.15, 0.2) is 31.1 Å². The molecule has 0 aromatic carbocycles. The molecule has 0 unspecified atom stereocenters. The van der Waals surface area contributed by atoms with Crippen LogP contribution in [0.2, 0.25) is 0 Å². The topological polar surface area (TPSA) is 12.9 Å². The van der Waals surface area contributed by atoms with Gasteiger partial charge in [0.05, 0.1) is 0 Å². The average molecular weight is 175 g/mol. The summed E-state index contributed by atoms with van der Waals surface area (Å²) in [4.78, 5) is 3.95. The summed E-state index contributed by atoms with van der Waals surface area (Å²) < 4.78 is 0. The molecule has 0 aliphatic heterocycles. The van der Waals surface area contributed by atoms with Crippen molar-refractivity contribution in [2.45, 2.75) is 20.8 Å². The van der Waals surface area contributed by atoms with Gasteiger partial charge in [-0.25, -0.2) is 0 Å². The van der Waals surface area contributed by atoms with Crippen LogP contribution in [0.3, 0.4) is 0 Å². The lowest BCUT2D eigenvalue weighted by atomic mass is 10.2. The first-order valence-electron chi connectivity index (χ1n) is 4.48. The van der Waals surface area contributed by atoms with Gasteiger partial charge < -0.3 is 0 Å². The normalized spacial score (nSPS) is 11.0. The van der Waals surface area contributed by atoms with Crippen molar-refractivity contribution in [2.75, 3.05) is 0 Å². The average Bonchev–Trinajstić information content (AvgIpc) is 2.20. The van der Waals surface area contributed by atoms with Crippen molar-refractivity contribution in [3.05, 3.63) is 41.6 Å². The second-order valence-electron chi connectivity index (χ2n) is 2.42. The molecule has 1 rings (SSSR count). The molecule has 0 atom stereocenters. The predicted octanol–water partition coefficient (Wildman–Crippen LogP) is 1.87. The number of pyridine rings is 1. The fourth-order valence-corrected chi connectivity index (χ4v) is 0.922. The zero-order valence-corrected chi connectivity index (χ0v) is 8.67. The van der Waals surface area contributed by atoms with Crippen molar-refractivity contribution in [1.82, 2.24) is 4.98 Å². The Hall–Kier alpha value is -1.37. The molecule has 13 heavy (non-hydrogen) atoms. The van der Waals surface area contributed by atoms with Gasteiger partial charge in [-0.15, -0.1) is 0 Å². The molecule has 1 heterocycles. The van der Waals surface area contributed by atoms with Crippen molar-refractivity contribution in [3.8, 4) is 0 Å². The van der Waals surface area contributed by atoms with Gasteiger partial charge in [0.1, 0.15) is 0 Å². The van der Waals surface area contributed by atoms with Gasteiger partial charge in [0.2, 0.25) is 0 Å². The monoisotopic (exact) mass is 175 g/mol. The molecular weight excluding hydrogens is 158 g/mol. The third-order valence-electron chi connectivity index (χ3n) is 1.63. The molecule has 1 heteroatoms. The van der Waals surface area contributed by atoms with E-state index in [4.69, 9.17) is 0 Å². The minimum absolute atomic E-state index is 0.949. The van der Waals surface area contributed by atoms with Gasteiger partial charge in [0.25, 0.3) is 0 Å². The summed E-state index contributed by atoms with van der Waals surface area (Å²) in [6, 6.07) is 1.94. The van der Waals surface area contributed by atoms with Crippen LogP contribution in [0.4, 0.5) is 0 Å². The minimum Gasteiger partial charge on any atom is -0.264 e. The summed E-state index contributed by atoms with van der Waals surface area (Å²) in [6.07, 6.45) is 5.34. The van der Waals surface area contributed by atoms with Gasteiger partial charge in [-0.3, -0.25) is 4.98 Å². The number of aromatic nitrogens is 1. The molecule has 0 saturated heterocycles. The fraction of sp³-hybridized carbons (Fsp3) is 0.250. The van der Waals surface area contributed by atoms with Gasteiger partial charge in [0, 0.05) is 12.4 Å². The summed E-state index contributed by atoms with van der Waals surface area (Å²) in [5.74, 6) is 0. The molecule has 1 aromatic rings. The molecule has 0 bridgehead atoms. The second-order valence-corrected chi connectivity index (χ2v) is 2.42. The first-order chi connectivity index (χ1) is 6.25. The molecule has 0 spiro atoms. The van der Waals surface area contributed by atoms with Crippen LogP contribution in [0.1, 0.15) is 20.8 Å². The summed E-state index contributed by atoms with van der Waals surface area (Å²) >= 11 is 0. The highest BCUT2D eigenvalue weighted by Gasteiger charge is 1.84. The molecular formula is C12H17N. The van der Waals surface area contributed by atoms with Crippen LogP contribution < -0.4 is 10.4 Å². The van der Waals surface area contributed by atoms with Crippen LogP contribution in [0.5, 0.6) is 0 Å². The van der Waals surface area contributed by atoms with E-state index in [1.807, 2.05) is 32.9 Å². The summed E-state index contributed by atoms with van der Waals surface area (Å²) in [6.45, 7) is 13.6. The molecule has 1 aromatic heterocycles. The quantitative estimate of drug-likeness (QED) is 0.635. The summed E-state index contributed by atoms with van der Waals surface area (Å²) in [5, 5.41) is 2.07. The molecule has 0 fully saturated rings. The molecule has 70 valence electrons. The molecule has 0 N–H and O–H groups in total. The smallest absolute Gasteiger partial charge is 0.0340 e. The van der Waals surface area contributed by atoms with Crippen LogP contribution >= 0.6 is 0 Å². The number of hydrogen-bond donors (Lipinski definition) is 0. The Bertz CT molecular complexity index is 363. The van der Waals surface area contributed by atoms with Gasteiger partial charge in [-0.2, -0.15) is 0 Å². The molecule has 0 aliphatic carbocycles. The molecule has 0 saturated carbocycles. The third kappa shape index (κ3) is 3.24. The predicted molar refractivity (Wildman–Crippen MR) is 59.6 cm³/mol. The van der Waals surface area contributed by atoms with Crippen molar-refractivity contribution in [3.63, 3.8) is 0 Å². The zero-order chi connectivity index (χ0) is 10.3. The number of allylic oxidation sites excluding steroid dienone is 1. The summed E-state index contributed by atoms with van der Waals surface area (Å²) in [7, 11) is 0. The number of nitrogens with zero attached hydrogens (tertiary/aromatic N) is 1. The Balaban J connectivity index is 0.000000671. The van der Waals surface area contributed by atoms with Crippen LogP contribution in [-0.2, 0) is 0 Å². The van der Waals surface area contributed by atoms with E-state index in [9.17, 15) is 0 Å². The van der Waals surface area contributed by atoms with Gasteiger partial charge in [0.15, 0.2) is 0 Å². The van der Waals surface area contributed by atoms with Crippen molar-refractivity contribution >= 4 is 12.2 Å². The van der Waals surface area contributed by atoms with E-state index in [-0.39, 0.29) is 0 Å². The first-order valence-corrected chi connectivity index (χ1v) is 4.48. The van der Waals surface area contributed by atoms with E-state index in [1.54, 1.807) is 12.4 Å². The van der Waals surface area contributed by atoms with Crippen LogP contribution in [0.25, 0.3) is 12.2 Å². The number of hydrogen-bond acceptors (Lipinski definition) is 1. The maximum absolute atomic E-state index is 3.95. The molecule has 0 radical (unpaired) electrons. The second kappa shape index (κ2) is 6.18. The van der Waals surface area contributed by atoms with E-state index in [0.717, 1.165) is 16.0 Å². The van der Waals surface area contributed by atoms with Crippen molar-refractivity contribution in [2.24, 2.45) is 0 Å². The standard InChI is InChI=1S/C10H11N.C2H6/c1-4-8(2)10-5-6-11-7-9(10)3;1-2/h4-7H,1,3H2,2H3;1-2H3/b10-8-;. The third-order valence-corrected chi connectivity index (χ3v) is 1.63. The minimum atomic E-state index is 0.949. The molecule has 1 nitrogen and oxygen atoms in total. The highest BCUT2D eigenvalue weighted by Crippen LogP contribution is 1.86. The van der Waals surface area contributed by atoms with Gasteiger partial charge in [-0.1, -0.05) is 33.1 Å². The van der Waals surface area contributed by atoms with Crippen LogP contribution in [0, 0.1) is 0 Å².